The van der Waals surface area contributed by atoms with Crippen LogP contribution in [-0.4, -0.2) is 39.7 Å². The Morgan fingerprint density at radius 1 is 1.19 bits per heavy atom. The maximum atomic E-state index is 12.2. The molecule has 27 heavy (non-hydrogen) atoms. The van der Waals surface area contributed by atoms with Crippen molar-refractivity contribution in [2.24, 2.45) is 0 Å². The third-order valence-corrected chi connectivity index (χ3v) is 4.18. The molecule has 0 fully saturated rings. The Balaban J connectivity index is 1.46. The first-order valence-corrected chi connectivity index (χ1v) is 8.98. The lowest BCUT2D eigenvalue weighted by Crippen LogP contribution is -2.25. The van der Waals surface area contributed by atoms with Crippen LogP contribution < -0.4 is 10.2 Å². The third kappa shape index (κ3) is 5.37. The molecule has 0 saturated heterocycles. The molecule has 2 N–H and O–H groups in total. The Morgan fingerprint density at radius 2 is 2.07 bits per heavy atom. The molecule has 7 heteroatoms. The maximum Gasteiger partial charge on any atom is 0.252 e. The van der Waals surface area contributed by atoms with Gasteiger partial charge in [-0.1, -0.05) is 6.07 Å². The van der Waals surface area contributed by atoms with E-state index in [1.807, 2.05) is 49.2 Å². The minimum Gasteiger partial charge on any atom is -0.354 e. The number of carbonyl (C=O) groups excluding carboxylic acids is 1. The van der Waals surface area contributed by atoms with Gasteiger partial charge in [-0.3, -0.25) is 14.9 Å². The second kappa shape index (κ2) is 8.93. The van der Waals surface area contributed by atoms with Gasteiger partial charge >= 0.3 is 0 Å². The van der Waals surface area contributed by atoms with E-state index in [9.17, 15) is 4.79 Å². The highest BCUT2D eigenvalue weighted by Gasteiger charge is 2.09. The number of anilines is 1. The number of hydrogen-bond donors (Lipinski definition) is 2. The molecule has 0 saturated carbocycles. The smallest absolute Gasteiger partial charge is 0.252 e. The van der Waals surface area contributed by atoms with Crippen LogP contribution in [0, 0.1) is 6.92 Å². The lowest BCUT2D eigenvalue weighted by atomic mass is 10.2. The van der Waals surface area contributed by atoms with E-state index in [-0.39, 0.29) is 5.91 Å². The van der Waals surface area contributed by atoms with Gasteiger partial charge in [-0.05, 0) is 50.1 Å². The van der Waals surface area contributed by atoms with Crippen molar-refractivity contribution in [3.63, 3.8) is 0 Å². The first-order chi connectivity index (χ1) is 13.1. The molecule has 140 valence electrons. The largest absolute Gasteiger partial charge is 0.354 e. The summed E-state index contributed by atoms with van der Waals surface area (Å²) in [6.07, 6.45) is 5.08. The molecule has 3 heterocycles. The summed E-state index contributed by atoms with van der Waals surface area (Å²) >= 11 is 0. The fourth-order valence-electron chi connectivity index (χ4n) is 2.75. The minimum absolute atomic E-state index is 0.111. The quantitative estimate of drug-likeness (QED) is 0.600. The van der Waals surface area contributed by atoms with Gasteiger partial charge in [0.25, 0.3) is 5.91 Å². The van der Waals surface area contributed by atoms with Crippen LogP contribution in [0.2, 0.25) is 0 Å². The van der Waals surface area contributed by atoms with Gasteiger partial charge in [0, 0.05) is 37.4 Å². The summed E-state index contributed by atoms with van der Waals surface area (Å²) in [4.78, 5) is 22.9. The van der Waals surface area contributed by atoms with Crippen LogP contribution in [0.15, 0.2) is 48.8 Å². The first kappa shape index (κ1) is 18.6. The number of hydrogen-bond acceptors (Lipinski definition) is 5. The van der Waals surface area contributed by atoms with Crippen molar-refractivity contribution in [3.05, 3.63) is 71.4 Å². The van der Waals surface area contributed by atoms with Gasteiger partial charge in [-0.25, -0.2) is 4.98 Å². The van der Waals surface area contributed by atoms with Crippen LogP contribution >= 0.6 is 0 Å². The molecular formula is C20H24N6O. The van der Waals surface area contributed by atoms with E-state index in [4.69, 9.17) is 0 Å². The number of nitrogens with one attached hydrogen (secondary N) is 2. The number of aryl methyl sites for hydroxylation is 2. The molecule has 0 bridgehead atoms. The number of H-pyrrole nitrogens is 1. The molecular weight excluding hydrogens is 340 g/mol. The van der Waals surface area contributed by atoms with Gasteiger partial charge < -0.3 is 10.2 Å². The fourth-order valence-corrected chi connectivity index (χ4v) is 2.75. The lowest BCUT2D eigenvalue weighted by molar-refractivity contribution is 0.0953. The van der Waals surface area contributed by atoms with Gasteiger partial charge in [0.1, 0.15) is 5.82 Å². The standard InChI is InChI=1S/C20H24N6O/c1-15-12-18(25-24-15)14-26(2)19-9-8-16(13-23-19)20(27)22-11-5-7-17-6-3-4-10-21-17/h3-4,6,8-10,12-13H,5,7,11,14H2,1-2H3,(H,22,27)(H,24,25). The van der Waals surface area contributed by atoms with Crippen molar-refractivity contribution in [1.82, 2.24) is 25.5 Å². The molecule has 3 aromatic heterocycles. The molecule has 0 unspecified atom stereocenters. The Bertz CT molecular complexity index is 860. The molecule has 0 radical (unpaired) electrons. The second-order valence-electron chi connectivity index (χ2n) is 6.48. The molecule has 0 aromatic carbocycles. The number of nitrogens with zero attached hydrogens (tertiary/aromatic N) is 4. The van der Waals surface area contributed by atoms with E-state index < -0.39 is 0 Å². The van der Waals surface area contributed by atoms with E-state index in [2.05, 4.69) is 25.5 Å². The Hall–Kier alpha value is -3.22. The van der Waals surface area contributed by atoms with Crippen molar-refractivity contribution >= 4 is 11.7 Å². The normalized spacial score (nSPS) is 10.6. The molecule has 0 spiro atoms. The summed E-state index contributed by atoms with van der Waals surface area (Å²) in [5.74, 6) is 0.683. The molecule has 1 amide bonds. The topological polar surface area (TPSA) is 86.8 Å². The number of aromatic amines is 1. The summed E-state index contributed by atoms with van der Waals surface area (Å²) in [6, 6.07) is 11.5. The van der Waals surface area contributed by atoms with Gasteiger partial charge in [0.05, 0.1) is 17.8 Å². The molecule has 3 aromatic rings. The number of amides is 1. The van der Waals surface area contributed by atoms with Crippen molar-refractivity contribution in [2.45, 2.75) is 26.3 Å². The summed E-state index contributed by atoms with van der Waals surface area (Å²) in [6.45, 7) is 3.23. The van der Waals surface area contributed by atoms with E-state index in [0.29, 0.717) is 18.7 Å². The summed E-state index contributed by atoms with van der Waals surface area (Å²) in [7, 11) is 1.95. The Labute approximate surface area is 158 Å². The lowest BCUT2D eigenvalue weighted by Gasteiger charge is -2.16. The predicted octanol–water partition coefficient (Wildman–Crippen LogP) is 2.51. The Kier molecular flexibility index (Phi) is 6.14. The van der Waals surface area contributed by atoms with E-state index in [0.717, 1.165) is 35.7 Å². The van der Waals surface area contributed by atoms with Crippen LogP contribution in [0.5, 0.6) is 0 Å². The zero-order chi connectivity index (χ0) is 19.1. The SMILES string of the molecule is Cc1cc(CN(C)c2ccc(C(=O)NCCCc3ccccn3)cn2)n[nH]1. The number of aromatic nitrogens is 4. The molecule has 7 nitrogen and oxygen atoms in total. The molecule has 0 atom stereocenters. The number of pyridine rings is 2. The average Bonchev–Trinajstić information content (AvgIpc) is 3.10. The molecule has 0 aliphatic heterocycles. The van der Waals surface area contributed by atoms with Crippen LogP contribution in [0.4, 0.5) is 5.82 Å². The van der Waals surface area contributed by atoms with E-state index >= 15 is 0 Å². The van der Waals surface area contributed by atoms with Crippen LogP contribution in [0.25, 0.3) is 0 Å². The first-order valence-electron chi connectivity index (χ1n) is 8.98. The maximum absolute atomic E-state index is 12.2. The van der Waals surface area contributed by atoms with Crippen LogP contribution in [-0.2, 0) is 13.0 Å². The minimum atomic E-state index is -0.111. The van der Waals surface area contributed by atoms with E-state index in [1.54, 1.807) is 18.5 Å². The van der Waals surface area contributed by atoms with Gasteiger partial charge in [0.2, 0.25) is 0 Å². The predicted molar refractivity (Wildman–Crippen MR) is 105 cm³/mol. The van der Waals surface area contributed by atoms with E-state index in [1.165, 1.54) is 0 Å². The van der Waals surface area contributed by atoms with Gasteiger partial charge in [-0.2, -0.15) is 5.10 Å². The van der Waals surface area contributed by atoms with Crippen LogP contribution in [0.1, 0.15) is 33.9 Å². The highest BCUT2D eigenvalue weighted by Crippen LogP contribution is 2.13. The Morgan fingerprint density at radius 3 is 2.74 bits per heavy atom. The molecule has 3 rings (SSSR count). The fraction of sp³-hybridized carbons (Fsp3) is 0.300. The summed E-state index contributed by atoms with van der Waals surface area (Å²) in [5.41, 5.74) is 3.57. The van der Waals surface area contributed by atoms with Gasteiger partial charge in [-0.15, -0.1) is 0 Å². The van der Waals surface area contributed by atoms with Crippen LogP contribution in [0.3, 0.4) is 0 Å². The summed E-state index contributed by atoms with van der Waals surface area (Å²) < 4.78 is 0. The van der Waals surface area contributed by atoms with Crippen molar-refractivity contribution in [1.29, 1.82) is 0 Å². The molecule has 0 aliphatic carbocycles. The van der Waals surface area contributed by atoms with Crippen molar-refractivity contribution < 1.29 is 4.79 Å². The second-order valence-corrected chi connectivity index (χ2v) is 6.48. The monoisotopic (exact) mass is 364 g/mol. The van der Waals surface area contributed by atoms with Crippen molar-refractivity contribution in [3.8, 4) is 0 Å². The highest BCUT2D eigenvalue weighted by molar-refractivity contribution is 5.94. The zero-order valence-electron chi connectivity index (χ0n) is 15.6. The number of carbonyl (C=O) groups is 1. The highest BCUT2D eigenvalue weighted by atomic mass is 16.1. The average molecular weight is 364 g/mol. The summed E-state index contributed by atoms with van der Waals surface area (Å²) in [5, 5.41) is 10.1. The van der Waals surface area contributed by atoms with Crippen molar-refractivity contribution in [2.75, 3.05) is 18.5 Å². The third-order valence-electron chi connectivity index (χ3n) is 4.18. The van der Waals surface area contributed by atoms with Gasteiger partial charge in [0.15, 0.2) is 0 Å². The zero-order valence-corrected chi connectivity index (χ0v) is 15.6. The number of rotatable bonds is 8. The molecule has 0 aliphatic rings.